The van der Waals surface area contributed by atoms with E-state index in [-0.39, 0.29) is 0 Å². The van der Waals surface area contributed by atoms with Crippen molar-refractivity contribution in [1.82, 2.24) is 14.9 Å². The van der Waals surface area contributed by atoms with Crippen LogP contribution in [0.5, 0.6) is 11.8 Å². The minimum Gasteiger partial charge on any atom is -0.465 e. The molecule has 2 aliphatic heterocycles. The summed E-state index contributed by atoms with van der Waals surface area (Å²) >= 11 is 0. The molecule has 0 atom stereocenters. The molecule has 1 N–H and O–H groups in total. The third-order valence-electron chi connectivity index (χ3n) is 6.96. The smallest absolute Gasteiger partial charge is 0.325 e. The predicted octanol–water partition coefficient (Wildman–Crippen LogP) is 4.79. The number of aromatic nitrogens is 2. The lowest BCUT2D eigenvalue weighted by atomic mass is 10.0. The second-order valence-electron chi connectivity index (χ2n) is 9.69. The molecule has 1 aliphatic carbocycles. The molecule has 0 bridgehead atoms. The van der Waals surface area contributed by atoms with E-state index >= 15 is 0 Å². The Morgan fingerprint density at radius 1 is 1.03 bits per heavy atom. The highest BCUT2D eigenvalue weighted by molar-refractivity contribution is 6.10. The summed E-state index contributed by atoms with van der Waals surface area (Å²) in [6.45, 7) is 8.60. The molecular weight excluding hydrogens is 452 g/mol. The largest absolute Gasteiger partial charge is 0.465 e. The Kier molecular flexibility index (Phi) is 5.81. The van der Waals surface area contributed by atoms with E-state index in [9.17, 15) is 0 Å². The zero-order chi connectivity index (χ0) is 24.6. The van der Waals surface area contributed by atoms with Crippen molar-refractivity contribution in [2.24, 2.45) is 4.99 Å². The molecule has 1 aromatic carbocycles. The van der Waals surface area contributed by atoms with Crippen LogP contribution < -0.4 is 15.0 Å². The van der Waals surface area contributed by atoms with Gasteiger partial charge < -0.3 is 24.3 Å². The Balaban J connectivity index is 1.30. The summed E-state index contributed by atoms with van der Waals surface area (Å²) < 4.78 is 11.8. The number of benzene rings is 1. The van der Waals surface area contributed by atoms with Crippen LogP contribution in [-0.4, -0.2) is 60.5 Å². The maximum atomic E-state index is 6.31. The number of piperazine rings is 1. The highest BCUT2D eigenvalue weighted by atomic mass is 16.5. The van der Waals surface area contributed by atoms with E-state index in [1.54, 1.807) is 6.26 Å². The van der Waals surface area contributed by atoms with Gasteiger partial charge in [-0.25, -0.2) is 0 Å². The number of aliphatic imine (C=N–C) groups is 1. The van der Waals surface area contributed by atoms with Crippen LogP contribution in [0, 0.1) is 6.92 Å². The molecule has 0 unspecified atom stereocenters. The summed E-state index contributed by atoms with van der Waals surface area (Å²) in [6.07, 6.45) is 6.91. The second kappa shape index (κ2) is 9.28. The first kappa shape index (κ1) is 22.5. The molecule has 3 aliphatic rings. The van der Waals surface area contributed by atoms with Gasteiger partial charge in [-0.2, -0.15) is 9.97 Å². The zero-order valence-electron chi connectivity index (χ0n) is 20.9. The van der Waals surface area contributed by atoms with Gasteiger partial charge in [0.05, 0.1) is 12.8 Å². The minimum absolute atomic E-state index is 0.324. The van der Waals surface area contributed by atoms with E-state index < -0.39 is 0 Å². The SMILES string of the molecule is CC1=Cc2c(ccc(Oc3nc(NC4=NCC(c5ccco5)=C4)cc(N4CCN(C)CC4)n3)c2C)C1. The Morgan fingerprint density at radius 2 is 1.89 bits per heavy atom. The summed E-state index contributed by atoms with van der Waals surface area (Å²) in [5, 5.41) is 3.36. The van der Waals surface area contributed by atoms with E-state index in [0.717, 1.165) is 66.9 Å². The molecule has 184 valence electrons. The summed E-state index contributed by atoms with van der Waals surface area (Å²) in [4.78, 5) is 18.7. The number of fused-ring (bicyclic) bond motifs is 1. The molecule has 0 saturated carbocycles. The van der Waals surface area contributed by atoms with Crippen molar-refractivity contribution in [1.29, 1.82) is 0 Å². The molecule has 8 nitrogen and oxygen atoms in total. The fourth-order valence-electron chi connectivity index (χ4n) is 4.89. The fraction of sp³-hybridized carbons (Fsp3) is 0.321. The Labute approximate surface area is 211 Å². The normalized spacial score (nSPS) is 17.5. The van der Waals surface area contributed by atoms with E-state index in [2.05, 4.69) is 53.1 Å². The fourth-order valence-corrected chi connectivity index (χ4v) is 4.89. The van der Waals surface area contributed by atoms with Crippen molar-refractivity contribution < 1.29 is 9.15 Å². The average molecular weight is 483 g/mol. The summed E-state index contributed by atoms with van der Waals surface area (Å²) in [7, 11) is 2.15. The van der Waals surface area contributed by atoms with Gasteiger partial charge in [-0.05, 0) is 68.3 Å². The zero-order valence-corrected chi connectivity index (χ0v) is 20.9. The first-order chi connectivity index (χ1) is 17.5. The average Bonchev–Trinajstić information content (AvgIpc) is 3.62. The molecule has 36 heavy (non-hydrogen) atoms. The number of anilines is 2. The van der Waals surface area contributed by atoms with Crippen LogP contribution in [-0.2, 0) is 6.42 Å². The second-order valence-corrected chi connectivity index (χ2v) is 9.69. The molecule has 2 aromatic heterocycles. The predicted molar refractivity (Wildman–Crippen MR) is 143 cm³/mol. The van der Waals surface area contributed by atoms with Crippen molar-refractivity contribution >= 4 is 29.1 Å². The first-order valence-corrected chi connectivity index (χ1v) is 12.4. The number of likely N-dealkylation sites (N-methyl/N-ethyl adjacent to an activating group) is 1. The van der Waals surface area contributed by atoms with E-state index in [1.807, 2.05) is 30.3 Å². The van der Waals surface area contributed by atoms with Crippen LogP contribution in [0.4, 0.5) is 11.6 Å². The van der Waals surface area contributed by atoms with Crippen LogP contribution in [0.2, 0.25) is 0 Å². The maximum absolute atomic E-state index is 6.31. The number of hydrogen-bond acceptors (Lipinski definition) is 8. The van der Waals surface area contributed by atoms with Crippen LogP contribution in [0.15, 0.2) is 57.7 Å². The van der Waals surface area contributed by atoms with Gasteiger partial charge in [0.2, 0.25) is 0 Å². The highest BCUT2D eigenvalue weighted by Crippen LogP contribution is 2.35. The number of hydrogen-bond donors (Lipinski definition) is 1. The summed E-state index contributed by atoms with van der Waals surface area (Å²) in [6, 6.07) is 10.3. The molecule has 1 fully saturated rings. The highest BCUT2D eigenvalue weighted by Gasteiger charge is 2.21. The van der Waals surface area contributed by atoms with E-state index in [1.165, 1.54) is 16.7 Å². The molecule has 6 rings (SSSR count). The summed E-state index contributed by atoms with van der Waals surface area (Å²) in [5.74, 6) is 3.85. The van der Waals surface area contributed by atoms with Crippen molar-refractivity contribution in [3.63, 3.8) is 0 Å². The standard InChI is InChI=1S/C28H30N6O2/c1-18-13-20-6-7-23(19(2)22(20)14-18)36-28-31-26(16-27(32-28)34-10-8-33(3)9-11-34)30-25-15-21(17-29-25)24-5-4-12-35-24/h4-7,12,14-16H,8-11,13,17H2,1-3H3,(H,29,30,31,32). The van der Waals surface area contributed by atoms with Gasteiger partial charge in [0.1, 0.15) is 29.0 Å². The third-order valence-corrected chi connectivity index (χ3v) is 6.96. The van der Waals surface area contributed by atoms with Crippen LogP contribution >= 0.6 is 0 Å². The molecule has 3 aromatic rings. The van der Waals surface area contributed by atoms with E-state index in [4.69, 9.17) is 19.1 Å². The van der Waals surface area contributed by atoms with Gasteiger partial charge in [0.25, 0.3) is 0 Å². The number of amidine groups is 1. The number of rotatable bonds is 5. The number of allylic oxidation sites excluding steroid dienone is 1. The van der Waals surface area contributed by atoms with Gasteiger partial charge in [0, 0.05) is 37.8 Å². The molecule has 0 amide bonds. The lowest BCUT2D eigenvalue weighted by Crippen LogP contribution is -2.44. The van der Waals surface area contributed by atoms with Crippen LogP contribution in [0.25, 0.3) is 11.6 Å². The number of nitrogens with zero attached hydrogens (tertiary/aromatic N) is 5. The number of ether oxygens (including phenoxy) is 1. The number of furan rings is 1. The topological polar surface area (TPSA) is 79.0 Å². The quantitative estimate of drug-likeness (QED) is 0.560. The molecule has 4 heterocycles. The van der Waals surface area contributed by atoms with Gasteiger partial charge in [-0.15, -0.1) is 0 Å². The van der Waals surface area contributed by atoms with Crippen molar-refractivity contribution in [2.75, 3.05) is 50.0 Å². The maximum Gasteiger partial charge on any atom is 0.325 e. The Bertz CT molecular complexity index is 1380. The van der Waals surface area contributed by atoms with Gasteiger partial charge in [-0.1, -0.05) is 17.7 Å². The molecule has 0 radical (unpaired) electrons. The molecule has 0 spiro atoms. The summed E-state index contributed by atoms with van der Waals surface area (Å²) in [5.41, 5.74) is 6.09. The van der Waals surface area contributed by atoms with Crippen LogP contribution in [0.1, 0.15) is 29.4 Å². The Morgan fingerprint density at radius 3 is 2.69 bits per heavy atom. The number of nitrogens with one attached hydrogen (secondary N) is 1. The minimum atomic E-state index is 0.324. The lowest BCUT2D eigenvalue weighted by Gasteiger charge is -2.33. The van der Waals surface area contributed by atoms with E-state index in [0.29, 0.717) is 18.4 Å². The molecule has 1 saturated heterocycles. The van der Waals surface area contributed by atoms with Crippen molar-refractivity contribution in [2.45, 2.75) is 20.3 Å². The van der Waals surface area contributed by atoms with Gasteiger partial charge >= 0.3 is 6.01 Å². The van der Waals surface area contributed by atoms with Crippen molar-refractivity contribution in [3.8, 4) is 11.8 Å². The Hall–Kier alpha value is -3.91. The van der Waals surface area contributed by atoms with Gasteiger partial charge in [0.15, 0.2) is 0 Å². The molecular formula is C28H30N6O2. The van der Waals surface area contributed by atoms with Crippen molar-refractivity contribution in [3.05, 3.63) is 70.7 Å². The van der Waals surface area contributed by atoms with Gasteiger partial charge in [-0.3, -0.25) is 4.99 Å². The lowest BCUT2D eigenvalue weighted by molar-refractivity contribution is 0.311. The monoisotopic (exact) mass is 482 g/mol. The first-order valence-electron chi connectivity index (χ1n) is 12.4. The van der Waals surface area contributed by atoms with Crippen LogP contribution in [0.3, 0.4) is 0 Å². The third kappa shape index (κ3) is 4.52. The molecule has 8 heteroatoms.